The third-order valence-corrected chi connectivity index (χ3v) is 4.04. The molecule has 0 N–H and O–H groups in total. The maximum atomic E-state index is 12.4. The number of halogens is 1. The number of fused-ring (bicyclic) bond motifs is 1. The van der Waals surface area contributed by atoms with E-state index in [2.05, 4.69) is 22.5 Å². The zero-order chi connectivity index (χ0) is 16.4. The van der Waals surface area contributed by atoms with Gasteiger partial charge in [0.15, 0.2) is 5.76 Å². The zero-order valence-corrected chi connectivity index (χ0v) is 14.2. The van der Waals surface area contributed by atoms with Gasteiger partial charge in [0, 0.05) is 10.5 Å². The van der Waals surface area contributed by atoms with Crippen LogP contribution in [0, 0.1) is 0 Å². The highest BCUT2D eigenvalue weighted by atomic mass is 79.9. The second-order valence-corrected chi connectivity index (χ2v) is 6.22. The van der Waals surface area contributed by atoms with E-state index in [1.807, 2.05) is 31.2 Å². The quantitative estimate of drug-likeness (QED) is 0.559. The van der Waals surface area contributed by atoms with E-state index in [0.29, 0.717) is 29.4 Å². The molecule has 2 aromatic carbocycles. The van der Waals surface area contributed by atoms with Crippen molar-refractivity contribution in [2.75, 3.05) is 6.61 Å². The number of hydrogen-bond donors (Lipinski definition) is 0. The number of benzene rings is 2. The number of carbonyl (C=O) groups excluding carboxylic acids is 1. The van der Waals surface area contributed by atoms with Crippen molar-refractivity contribution in [1.29, 1.82) is 0 Å². The van der Waals surface area contributed by atoms with Crippen LogP contribution in [-0.2, 0) is 0 Å². The third kappa shape index (κ3) is 3.37. The molecule has 0 atom stereocenters. The van der Waals surface area contributed by atoms with Gasteiger partial charge in [0.05, 0.1) is 5.56 Å². The molecule has 0 unspecified atom stereocenters. The molecule has 0 saturated heterocycles. The van der Waals surface area contributed by atoms with Crippen LogP contribution in [0.3, 0.4) is 0 Å². The molecule has 3 rings (SSSR count). The summed E-state index contributed by atoms with van der Waals surface area (Å²) >= 11 is 3.46. The van der Waals surface area contributed by atoms with Gasteiger partial charge in [-0.1, -0.05) is 40.7 Å². The Morgan fingerprint density at radius 1 is 1.30 bits per heavy atom. The first-order valence-electron chi connectivity index (χ1n) is 7.14. The van der Waals surface area contributed by atoms with Gasteiger partial charge in [-0.15, -0.1) is 0 Å². The first-order chi connectivity index (χ1) is 11.0. The minimum Gasteiger partial charge on any atom is -0.489 e. The summed E-state index contributed by atoms with van der Waals surface area (Å²) in [4.78, 5) is 12.4. The highest BCUT2D eigenvalue weighted by molar-refractivity contribution is 9.10. The summed E-state index contributed by atoms with van der Waals surface area (Å²) in [6, 6.07) is 12.9. The molecule has 0 spiro atoms. The third-order valence-electron chi connectivity index (χ3n) is 3.32. The smallest absolute Gasteiger partial charge is 0.231 e. The molecule has 0 saturated carbocycles. The van der Waals surface area contributed by atoms with E-state index in [-0.39, 0.29) is 5.78 Å². The van der Waals surface area contributed by atoms with Crippen LogP contribution < -0.4 is 9.47 Å². The van der Waals surface area contributed by atoms with Crippen LogP contribution in [0.25, 0.3) is 6.08 Å². The summed E-state index contributed by atoms with van der Waals surface area (Å²) < 4.78 is 12.2. The molecule has 0 fully saturated rings. The molecule has 1 aliphatic heterocycles. The van der Waals surface area contributed by atoms with Gasteiger partial charge >= 0.3 is 0 Å². The van der Waals surface area contributed by atoms with Crippen molar-refractivity contribution in [2.45, 2.75) is 6.92 Å². The van der Waals surface area contributed by atoms with Crippen LogP contribution in [0.2, 0.25) is 0 Å². The van der Waals surface area contributed by atoms with Crippen molar-refractivity contribution in [1.82, 2.24) is 0 Å². The molecular weight excluding hydrogens is 356 g/mol. The molecule has 1 aliphatic rings. The summed E-state index contributed by atoms with van der Waals surface area (Å²) in [6.45, 7) is 6.13. The normalized spacial score (nSPS) is 14.5. The van der Waals surface area contributed by atoms with Crippen molar-refractivity contribution in [3.8, 4) is 11.5 Å². The lowest BCUT2D eigenvalue weighted by Crippen LogP contribution is -1.98. The number of allylic oxidation sites excluding steroid dienone is 1. The second-order valence-electron chi connectivity index (χ2n) is 5.37. The summed E-state index contributed by atoms with van der Waals surface area (Å²) in [7, 11) is 0. The monoisotopic (exact) mass is 370 g/mol. The maximum absolute atomic E-state index is 12.4. The van der Waals surface area contributed by atoms with Gasteiger partial charge in [-0.2, -0.15) is 0 Å². The minimum absolute atomic E-state index is 0.123. The molecule has 0 amide bonds. The molecule has 23 heavy (non-hydrogen) atoms. The lowest BCUT2D eigenvalue weighted by Gasteiger charge is -2.06. The summed E-state index contributed by atoms with van der Waals surface area (Å²) in [5.74, 6) is 1.36. The van der Waals surface area contributed by atoms with Crippen LogP contribution >= 0.6 is 15.9 Å². The Balaban J connectivity index is 1.87. The number of rotatable bonds is 4. The van der Waals surface area contributed by atoms with E-state index in [1.165, 1.54) is 0 Å². The van der Waals surface area contributed by atoms with Crippen molar-refractivity contribution >= 4 is 27.8 Å². The summed E-state index contributed by atoms with van der Waals surface area (Å²) in [5.41, 5.74) is 2.37. The predicted molar refractivity (Wildman–Crippen MR) is 93.8 cm³/mol. The summed E-state index contributed by atoms with van der Waals surface area (Å²) in [6.07, 6.45) is 1.74. The van der Waals surface area contributed by atoms with E-state index < -0.39 is 0 Å². The van der Waals surface area contributed by atoms with E-state index in [1.54, 1.807) is 24.3 Å². The first-order valence-corrected chi connectivity index (χ1v) is 7.94. The molecule has 0 aromatic heterocycles. The van der Waals surface area contributed by atoms with E-state index in [0.717, 1.165) is 15.6 Å². The fourth-order valence-corrected chi connectivity index (χ4v) is 2.60. The van der Waals surface area contributed by atoms with Gasteiger partial charge in [0.25, 0.3) is 0 Å². The maximum Gasteiger partial charge on any atom is 0.231 e. The first kappa shape index (κ1) is 15.6. The fourth-order valence-electron chi connectivity index (χ4n) is 2.20. The predicted octanol–water partition coefficient (Wildman–Crippen LogP) is 5.02. The molecule has 2 aromatic rings. The Morgan fingerprint density at radius 3 is 2.83 bits per heavy atom. The van der Waals surface area contributed by atoms with Gasteiger partial charge < -0.3 is 9.47 Å². The highest BCUT2D eigenvalue weighted by Gasteiger charge is 2.27. The van der Waals surface area contributed by atoms with Crippen LogP contribution in [0.4, 0.5) is 0 Å². The van der Waals surface area contributed by atoms with Crippen molar-refractivity contribution in [3.63, 3.8) is 0 Å². The van der Waals surface area contributed by atoms with Crippen LogP contribution in [0.15, 0.2) is 64.8 Å². The Kier molecular flexibility index (Phi) is 4.35. The van der Waals surface area contributed by atoms with E-state index in [4.69, 9.17) is 9.47 Å². The molecular formula is C19H15BrO3. The molecule has 0 aliphatic carbocycles. The number of ether oxygens (including phenoxy) is 2. The van der Waals surface area contributed by atoms with Gasteiger partial charge in [-0.25, -0.2) is 0 Å². The van der Waals surface area contributed by atoms with Crippen LogP contribution in [0.1, 0.15) is 22.8 Å². The Morgan fingerprint density at radius 2 is 2.09 bits per heavy atom. The van der Waals surface area contributed by atoms with E-state index >= 15 is 0 Å². The lowest BCUT2D eigenvalue weighted by atomic mass is 10.1. The summed E-state index contributed by atoms with van der Waals surface area (Å²) in [5, 5.41) is 0. The average molecular weight is 371 g/mol. The lowest BCUT2D eigenvalue weighted by molar-refractivity contribution is 0.101. The van der Waals surface area contributed by atoms with Crippen molar-refractivity contribution < 1.29 is 14.3 Å². The fraction of sp³-hybridized carbons (Fsp3) is 0.105. The highest BCUT2D eigenvalue weighted by Crippen LogP contribution is 2.35. The number of Topliss-reactive ketones (excluding diaryl/α,β-unsaturated/α-hetero) is 1. The zero-order valence-electron chi connectivity index (χ0n) is 12.6. The molecule has 4 heteroatoms. The van der Waals surface area contributed by atoms with E-state index in [9.17, 15) is 4.79 Å². The Hall–Kier alpha value is -2.33. The van der Waals surface area contributed by atoms with Gasteiger partial charge in [-0.3, -0.25) is 4.79 Å². The van der Waals surface area contributed by atoms with Gasteiger partial charge in [0.2, 0.25) is 5.78 Å². The number of ketones is 1. The van der Waals surface area contributed by atoms with Crippen LogP contribution in [-0.4, -0.2) is 12.4 Å². The minimum atomic E-state index is -0.123. The molecule has 116 valence electrons. The van der Waals surface area contributed by atoms with Crippen LogP contribution in [0.5, 0.6) is 11.5 Å². The molecule has 1 heterocycles. The van der Waals surface area contributed by atoms with Crippen molar-refractivity contribution in [2.24, 2.45) is 0 Å². The van der Waals surface area contributed by atoms with Gasteiger partial charge in [-0.05, 0) is 42.3 Å². The number of carbonyl (C=O) groups is 1. The number of hydrogen-bond acceptors (Lipinski definition) is 3. The molecule has 3 nitrogen and oxygen atoms in total. The molecule has 0 radical (unpaired) electrons. The largest absolute Gasteiger partial charge is 0.489 e. The Bertz CT molecular complexity index is 821. The topological polar surface area (TPSA) is 35.5 Å². The molecule has 0 bridgehead atoms. The second kappa shape index (κ2) is 6.42. The Labute approximate surface area is 143 Å². The van der Waals surface area contributed by atoms with Gasteiger partial charge in [0.1, 0.15) is 18.1 Å². The average Bonchev–Trinajstić information content (AvgIpc) is 2.83. The SMILES string of the molecule is C=C(C)COc1ccc2c(c1)O/C(=C\c1ccccc1Br)C2=O. The standard InChI is InChI=1S/C19H15BrO3/c1-12(2)11-22-14-7-8-15-17(10-14)23-18(19(15)21)9-13-5-3-4-6-16(13)20/h3-10H,1,11H2,2H3/b18-9-. The van der Waals surface area contributed by atoms with Crippen molar-refractivity contribution in [3.05, 3.63) is 76.0 Å².